The van der Waals surface area contributed by atoms with Crippen LogP contribution in [0.15, 0.2) is 53.7 Å². The van der Waals surface area contributed by atoms with Gasteiger partial charge in [0.25, 0.3) is 0 Å². The molecule has 7 heteroatoms. The highest BCUT2D eigenvalue weighted by Crippen LogP contribution is 2.25. The number of hydrogen-bond acceptors (Lipinski definition) is 5. The lowest BCUT2D eigenvalue weighted by Gasteiger charge is -2.12. The van der Waals surface area contributed by atoms with Crippen molar-refractivity contribution < 1.29 is 4.79 Å². The van der Waals surface area contributed by atoms with Crippen molar-refractivity contribution in [2.75, 3.05) is 5.32 Å². The molecular weight excluding hydrogens is 358 g/mol. The molecule has 2 aromatic carbocycles. The first kappa shape index (κ1) is 19.1. The van der Waals surface area contributed by atoms with E-state index in [1.165, 1.54) is 17.3 Å². The van der Waals surface area contributed by atoms with E-state index in [1.54, 1.807) is 4.68 Å². The second kappa shape index (κ2) is 8.35. The van der Waals surface area contributed by atoms with E-state index < -0.39 is 0 Å². The van der Waals surface area contributed by atoms with Gasteiger partial charge in [-0.15, -0.1) is 5.10 Å². The molecule has 0 aliphatic carbocycles. The highest BCUT2D eigenvalue weighted by molar-refractivity contribution is 8.00. The van der Waals surface area contributed by atoms with Gasteiger partial charge in [0, 0.05) is 5.69 Å². The summed E-state index contributed by atoms with van der Waals surface area (Å²) in [5.74, 6) is 0.377. The molecule has 3 rings (SSSR count). The van der Waals surface area contributed by atoms with Gasteiger partial charge >= 0.3 is 0 Å². The molecule has 0 aliphatic rings. The molecule has 0 fully saturated rings. The van der Waals surface area contributed by atoms with Crippen molar-refractivity contribution in [1.82, 2.24) is 20.2 Å². The summed E-state index contributed by atoms with van der Waals surface area (Å²) < 4.78 is 1.66. The average molecular weight is 382 g/mol. The fraction of sp³-hybridized carbons (Fsp3) is 0.300. The number of benzene rings is 2. The van der Waals surface area contributed by atoms with Gasteiger partial charge in [-0.3, -0.25) is 4.79 Å². The molecule has 0 bridgehead atoms. The smallest absolute Gasteiger partial charge is 0.237 e. The molecule has 1 heterocycles. The van der Waals surface area contributed by atoms with Gasteiger partial charge in [-0.05, 0) is 65.6 Å². The van der Waals surface area contributed by atoms with Crippen molar-refractivity contribution in [1.29, 1.82) is 0 Å². The third kappa shape index (κ3) is 4.74. The molecule has 0 spiro atoms. The number of hydrogen-bond donors (Lipinski definition) is 1. The van der Waals surface area contributed by atoms with E-state index in [4.69, 9.17) is 0 Å². The Morgan fingerprint density at radius 3 is 2.52 bits per heavy atom. The van der Waals surface area contributed by atoms with E-state index in [1.807, 2.05) is 50.2 Å². The lowest BCUT2D eigenvalue weighted by molar-refractivity contribution is -0.115. The van der Waals surface area contributed by atoms with Crippen molar-refractivity contribution in [3.63, 3.8) is 0 Å². The maximum atomic E-state index is 12.5. The van der Waals surface area contributed by atoms with Crippen molar-refractivity contribution in [3.05, 3.63) is 59.7 Å². The van der Waals surface area contributed by atoms with E-state index in [-0.39, 0.29) is 11.2 Å². The van der Waals surface area contributed by atoms with Gasteiger partial charge in [-0.1, -0.05) is 49.9 Å². The highest BCUT2D eigenvalue weighted by Gasteiger charge is 2.19. The Kier molecular flexibility index (Phi) is 5.91. The fourth-order valence-electron chi connectivity index (χ4n) is 2.59. The van der Waals surface area contributed by atoms with Crippen molar-refractivity contribution >= 4 is 23.4 Å². The number of nitrogens with one attached hydrogen (secondary N) is 1. The number of anilines is 1. The maximum Gasteiger partial charge on any atom is 0.237 e. The van der Waals surface area contributed by atoms with Crippen LogP contribution in [0.5, 0.6) is 0 Å². The van der Waals surface area contributed by atoms with E-state index >= 15 is 0 Å². The van der Waals surface area contributed by atoms with E-state index in [9.17, 15) is 4.79 Å². The van der Waals surface area contributed by atoms with Crippen LogP contribution in [0, 0.1) is 6.92 Å². The minimum atomic E-state index is -0.342. The number of nitrogens with zero attached hydrogens (tertiary/aromatic N) is 4. The molecule has 6 nitrogen and oxygen atoms in total. The molecule has 0 aliphatic heterocycles. The maximum absolute atomic E-state index is 12.5. The van der Waals surface area contributed by atoms with Gasteiger partial charge in [0.15, 0.2) is 0 Å². The normalized spacial score (nSPS) is 12.2. The minimum Gasteiger partial charge on any atom is -0.325 e. The molecule has 1 atom stereocenters. The Hall–Kier alpha value is -2.67. The molecule has 1 amide bonds. The summed E-state index contributed by atoms with van der Waals surface area (Å²) in [6, 6.07) is 15.9. The first-order valence-corrected chi connectivity index (χ1v) is 9.75. The monoisotopic (exact) mass is 381 g/mol. The first-order chi connectivity index (χ1) is 12.9. The zero-order valence-electron chi connectivity index (χ0n) is 15.9. The third-order valence-corrected chi connectivity index (χ3v) is 5.22. The first-order valence-electron chi connectivity index (χ1n) is 8.87. The van der Waals surface area contributed by atoms with Crippen LogP contribution in [0.3, 0.4) is 0 Å². The van der Waals surface area contributed by atoms with Crippen LogP contribution >= 0.6 is 11.8 Å². The molecule has 1 N–H and O–H groups in total. The molecule has 140 valence electrons. The van der Waals surface area contributed by atoms with Crippen molar-refractivity contribution in [3.8, 4) is 5.69 Å². The number of amides is 1. The van der Waals surface area contributed by atoms with Crippen molar-refractivity contribution in [2.45, 2.75) is 44.0 Å². The molecule has 0 unspecified atom stereocenters. The number of carbonyl (C=O) groups is 1. The van der Waals surface area contributed by atoms with Gasteiger partial charge in [-0.25, -0.2) is 0 Å². The summed E-state index contributed by atoms with van der Waals surface area (Å²) >= 11 is 1.33. The number of thioether (sulfide) groups is 1. The largest absolute Gasteiger partial charge is 0.325 e. The molecule has 27 heavy (non-hydrogen) atoms. The summed E-state index contributed by atoms with van der Waals surface area (Å²) in [4.78, 5) is 12.5. The van der Waals surface area contributed by atoms with Crippen molar-refractivity contribution in [2.24, 2.45) is 0 Å². The standard InChI is InChI=1S/C20H23N5OS/c1-13(2)16-8-10-18(11-9-16)25-20(22-23-24-25)27-15(4)19(26)21-17-7-5-6-14(3)12-17/h5-13,15H,1-4H3,(H,21,26)/t15-/m1/s1. The van der Waals surface area contributed by atoms with Crippen LogP contribution < -0.4 is 5.32 Å². The number of carbonyl (C=O) groups excluding carboxylic acids is 1. The van der Waals surface area contributed by atoms with E-state index in [2.05, 4.69) is 46.8 Å². The number of tetrazole rings is 1. The highest BCUT2D eigenvalue weighted by atomic mass is 32.2. The van der Waals surface area contributed by atoms with Gasteiger partial charge in [-0.2, -0.15) is 4.68 Å². The second-order valence-electron chi connectivity index (χ2n) is 6.74. The lowest BCUT2D eigenvalue weighted by atomic mass is 10.0. The molecule has 3 aromatic rings. The van der Waals surface area contributed by atoms with Crippen LogP contribution in [0.25, 0.3) is 5.69 Å². The van der Waals surface area contributed by atoms with Gasteiger partial charge in [0.05, 0.1) is 10.9 Å². The molecule has 0 saturated heterocycles. The SMILES string of the molecule is Cc1cccc(NC(=O)[C@@H](C)Sc2nnnn2-c2ccc(C(C)C)cc2)c1. The minimum absolute atomic E-state index is 0.0877. The Balaban J connectivity index is 1.71. The predicted molar refractivity (Wildman–Crippen MR) is 108 cm³/mol. The Labute approximate surface area is 163 Å². The van der Waals surface area contributed by atoms with Crippen LogP contribution in [0.4, 0.5) is 5.69 Å². The Bertz CT molecular complexity index is 920. The molecule has 1 aromatic heterocycles. The lowest BCUT2D eigenvalue weighted by Crippen LogP contribution is -2.23. The zero-order valence-corrected chi connectivity index (χ0v) is 16.7. The summed E-state index contributed by atoms with van der Waals surface area (Å²) in [7, 11) is 0. The molecule has 0 saturated carbocycles. The quantitative estimate of drug-likeness (QED) is 0.648. The topological polar surface area (TPSA) is 72.7 Å². The predicted octanol–water partition coefficient (Wildman–Crippen LogP) is 4.21. The van der Waals surface area contributed by atoms with Gasteiger partial charge < -0.3 is 5.32 Å². The second-order valence-corrected chi connectivity index (χ2v) is 8.05. The van der Waals surface area contributed by atoms with Crippen LogP contribution in [0.2, 0.25) is 0 Å². The summed E-state index contributed by atoms with van der Waals surface area (Å²) in [6.07, 6.45) is 0. The number of aryl methyl sites for hydroxylation is 1. The molecular formula is C20H23N5OS. The van der Waals surface area contributed by atoms with E-state index in [0.717, 1.165) is 16.9 Å². The number of aromatic nitrogens is 4. The van der Waals surface area contributed by atoms with Crippen LogP contribution in [-0.2, 0) is 4.79 Å². The van der Waals surface area contributed by atoms with Gasteiger partial charge in [0.1, 0.15) is 0 Å². The third-order valence-electron chi connectivity index (χ3n) is 4.18. The summed E-state index contributed by atoms with van der Waals surface area (Å²) in [6.45, 7) is 8.15. The van der Waals surface area contributed by atoms with Crippen LogP contribution in [0.1, 0.15) is 37.8 Å². The van der Waals surface area contributed by atoms with Gasteiger partial charge in [0.2, 0.25) is 11.1 Å². The number of rotatable bonds is 6. The zero-order chi connectivity index (χ0) is 19.4. The summed E-state index contributed by atoms with van der Waals surface area (Å²) in [5.41, 5.74) is 4.02. The van der Waals surface area contributed by atoms with E-state index in [0.29, 0.717) is 11.1 Å². The summed E-state index contributed by atoms with van der Waals surface area (Å²) in [5, 5.41) is 15.1. The average Bonchev–Trinajstić information content (AvgIpc) is 3.09. The fourth-order valence-corrected chi connectivity index (χ4v) is 3.40. The Morgan fingerprint density at radius 1 is 1.11 bits per heavy atom. The Morgan fingerprint density at radius 2 is 1.85 bits per heavy atom. The van der Waals surface area contributed by atoms with Crippen LogP contribution in [-0.4, -0.2) is 31.4 Å². The molecule has 0 radical (unpaired) electrons.